The SMILES string of the molecule is CNC(c1cncn1C)C1CC(C)(C)OC1(C)C. The summed E-state index contributed by atoms with van der Waals surface area (Å²) in [5.74, 6) is 0.438. The van der Waals surface area contributed by atoms with Crippen molar-refractivity contribution in [3.05, 3.63) is 18.2 Å². The number of aromatic nitrogens is 2. The molecule has 2 atom stereocenters. The van der Waals surface area contributed by atoms with Crippen molar-refractivity contribution in [1.82, 2.24) is 14.9 Å². The monoisotopic (exact) mass is 251 g/mol. The van der Waals surface area contributed by atoms with Crippen LogP contribution in [0.3, 0.4) is 0 Å². The molecular formula is C14H25N3O. The third-order valence-corrected chi connectivity index (χ3v) is 4.03. The maximum absolute atomic E-state index is 6.20. The summed E-state index contributed by atoms with van der Waals surface area (Å²) in [5.41, 5.74) is 1.04. The Labute approximate surface area is 110 Å². The van der Waals surface area contributed by atoms with Crippen molar-refractivity contribution in [2.75, 3.05) is 7.05 Å². The van der Waals surface area contributed by atoms with E-state index in [0.29, 0.717) is 5.92 Å². The first-order valence-electron chi connectivity index (χ1n) is 6.60. The molecule has 2 heterocycles. The second-order valence-corrected chi connectivity index (χ2v) is 6.47. The van der Waals surface area contributed by atoms with E-state index in [2.05, 4.69) is 42.6 Å². The van der Waals surface area contributed by atoms with Gasteiger partial charge in [0.05, 0.1) is 29.3 Å². The maximum Gasteiger partial charge on any atom is 0.0946 e. The van der Waals surface area contributed by atoms with Gasteiger partial charge in [-0.3, -0.25) is 0 Å². The molecule has 1 aliphatic rings. The van der Waals surface area contributed by atoms with E-state index < -0.39 is 0 Å². The molecule has 102 valence electrons. The molecule has 0 spiro atoms. The van der Waals surface area contributed by atoms with Crippen molar-refractivity contribution >= 4 is 0 Å². The number of nitrogens with one attached hydrogen (secondary N) is 1. The standard InChI is InChI=1S/C14H25N3O/c1-13(2)7-10(14(3,4)18-13)12(15-5)11-8-16-9-17(11)6/h8-10,12,15H,7H2,1-6H3. The first-order chi connectivity index (χ1) is 8.27. The summed E-state index contributed by atoms with van der Waals surface area (Å²) in [5, 5.41) is 3.44. The van der Waals surface area contributed by atoms with E-state index in [0.717, 1.165) is 6.42 Å². The highest BCUT2D eigenvalue weighted by Crippen LogP contribution is 2.47. The van der Waals surface area contributed by atoms with Gasteiger partial charge in [-0.2, -0.15) is 0 Å². The van der Waals surface area contributed by atoms with Gasteiger partial charge in [0.25, 0.3) is 0 Å². The summed E-state index contributed by atoms with van der Waals surface area (Å²) in [6.45, 7) is 8.72. The van der Waals surface area contributed by atoms with Gasteiger partial charge in [0.15, 0.2) is 0 Å². The number of aryl methyl sites for hydroxylation is 1. The molecule has 0 amide bonds. The van der Waals surface area contributed by atoms with Crippen LogP contribution in [0.25, 0.3) is 0 Å². The van der Waals surface area contributed by atoms with Crippen LogP contribution in [0.15, 0.2) is 12.5 Å². The molecular weight excluding hydrogens is 226 g/mol. The first-order valence-corrected chi connectivity index (χ1v) is 6.60. The summed E-state index contributed by atoms with van der Waals surface area (Å²) >= 11 is 0. The first kappa shape index (κ1) is 13.6. The molecule has 1 saturated heterocycles. The third kappa shape index (κ3) is 2.31. The van der Waals surface area contributed by atoms with Gasteiger partial charge in [0.1, 0.15) is 0 Å². The van der Waals surface area contributed by atoms with Gasteiger partial charge < -0.3 is 14.6 Å². The van der Waals surface area contributed by atoms with Crippen LogP contribution in [-0.2, 0) is 11.8 Å². The summed E-state index contributed by atoms with van der Waals surface area (Å²) in [4.78, 5) is 4.23. The van der Waals surface area contributed by atoms with Gasteiger partial charge >= 0.3 is 0 Å². The molecule has 4 heteroatoms. The summed E-state index contributed by atoms with van der Waals surface area (Å²) < 4.78 is 8.29. The zero-order valence-corrected chi connectivity index (χ0v) is 12.3. The van der Waals surface area contributed by atoms with Crippen LogP contribution in [0.4, 0.5) is 0 Å². The predicted molar refractivity (Wildman–Crippen MR) is 72.4 cm³/mol. The summed E-state index contributed by atoms with van der Waals surface area (Å²) in [6.07, 6.45) is 4.85. The molecule has 18 heavy (non-hydrogen) atoms. The highest BCUT2D eigenvalue weighted by Gasteiger charge is 2.49. The molecule has 0 radical (unpaired) electrons. The fourth-order valence-electron chi connectivity index (χ4n) is 3.35. The zero-order chi connectivity index (χ0) is 13.6. The number of ether oxygens (including phenoxy) is 1. The molecule has 1 aliphatic heterocycles. The molecule has 1 fully saturated rings. The quantitative estimate of drug-likeness (QED) is 0.895. The molecule has 0 aliphatic carbocycles. The van der Waals surface area contributed by atoms with E-state index in [4.69, 9.17) is 4.74 Å². The molecule has 2 unspecified atom stereocenters. The van der Waals surface area contributed by atoms with Crippen molar-refractivity contribution < 1.29 is 4.74 Å². The number of imidazole rings is 1. The highest BCUT2D eigenvalue weighted by molar-refractivity contribution is 5.11. The topological polar surface area (TPSA) is 39.1 Å². The molecule has 0 bridgehead atoms. The van der Waals surface area contributed by atoms with Crippen LogP contribution in [-0.4, -0.2) is 27.8 Å². The Morgan fingerprint density at radius 2 is 2.11 bits per heavy atom. The smallest absolute Gasteiger partial charge is 0.0946 e. The Morgan fingerprint density at radius 3 is 2.50 bits per heavy atom. The molecule has 4 nitrogen and oxygen atoms in total. The van der Waals surface area contributed by atoms with Gasteiger partial charge in [-0.25, -0.2) is 4.98 Å². The van der Waals surface area contributed by atoms with Gasteiger partial charge in [-0.1, -0.05) is 0 Å². The largest absolute Gasteiger partial charge is 0.369 e. The summed E-state index contributed by atoms with van der Waals surface area (Å²) in [6, 6.07) is 0.272. The Hall–Kier alpha value is -0.870. The van der Waals surface area contributed by atoms with Crippen molar-refractivity contribution in [3.8, 4) is 0 Å². The second-order valence-electron chi connectivity index (χ2n) is 6.47. The average molecular weight is 251 g/mol. The van der Waals surface area contributed by atoms with Crippen LogP contribution in [0.2, 0.25) is 0 Å². The average Bonchev–Trinajstić information content (AvgIpc) is 2.71. The lowest BCUT2D eigenvalue weighted by molar-refractivity contribution is -0.0778. The number of nitrogens with zero attached hydrogens (tertiary/aromatic N) is 2. The van der Waals surface area contributed by atoms with E-state index >= 15 is 0 Å². The van der Waals surface area contributed by atoms with E-state index in [-0.39, 0.29) is 17.2 Å². The van der Waals surface area contributed by atoms with Crippen LogP contribution in [0.1, 0.15) is 45.9 Å². The van der Waals surface area contributed by atoms with Gasteiger partial charge in [-0.15, -0.1) is 0 Å². The van der Waals surface area contributed by atoms with Gasteiger partial charge in [0, 0.05) is 19.2 Å². The van der Waals surface area contributed by atoms with Crippen LogP contribution in [0.5, 0.6) is 0 Å². The van der Waals surface area contributed by atoms with Crippen molar-refractivity contribution in [2.24, 2.45) is 13.0 Å². The highest BCUT2D eigenvalue weighted by atomic mass is 16.5. The minimum atomic E-state index is -0.124. The molecule has 1 aromatic heterocycles. The lowest BCUT2D eigenvalue weighted by Gasteiger charge is -2.32. The number of hydrogen-bond donors (Lipinski definition) is 1. The van der Waals surface area contributed by atoms with Crippen molar-refractivity contribution in [3.63, 3.8) is 0 Å². The minimum Gasteiger partial charge on any atom is -0.369 e. The van der Waals surface area contributed by atoms with Gasteiger partial charge in [-0.05, 0) is 41.2 Å². The third-order valence-electron chi connectivity index (χ3n) is 4.03. The second kappa shape index (κ2) is 4.35. The Balaban J connectivity index is 2.32. The van der Waals surface area contributed by atoms with E-state index in [9.17, 15) is 0 Å². The lowest BCUT2D eigenvalue weighted by atomic mass is 9.80. The molecule has 1 aromatic rings. The van der Waals surface area contributed by atoms with E-state index in [1.54, 1.807) is 0 Å². The molecule has 1 N–H and O–H groups in total. The van der Waals surface area contributed by atoms with E-state index in [1.807, 2.05) is 26.6 Å². The molecule has 2 rings (SSSR count). The van der Waals surface area contributed by atoms with Crippen LogP contribution < -0.4 is 5.32 Å². The molecule has 0 saturated carbocycles. The Bertz CT molecular complexity index is 422. The summed E-state index contributed by atoms with van der Waals surface area (Å²) in [7, 11) is 4.06. The Kier molecular flexibility index (Phi) is 3.28. The number of hydrogen-bond acceptors (Lipinski definition) is 3. The van der Waals surface area contributed by atoms with Crippen molar-refractivity contribution in [1.29, 1.82) is 0 Å². The van der Waals surface area contributed by atoms with E-state index in [1.165, 1.54) is 5.69 Å². The fraction of sp³-hybridized carbons (Fsp3) is 0.786. The normalized spacial score (nSPS) is 27.3. The number of rotatable bonds is 3. The van der Waals surface area contributed by atoms with Crippen molar-refractivity contribution in [2.45, 2.75) is 51.4 Å². The lowest BCUT2D eigenvalue weighted by Crippen LogP contribution is -2.38. The fourth-order valence-corrected chi connectivity index (χ4v) is 3.35. The zero-order valence-electron chi connectivity index (χ0n) is 12.3. The molecule has 0 aromatic carbocycles. The van der Waals surface area contributed by atoms with Gasteiger partial charge in [0.2, 0.25) is 0 Å². The maximum atomic E-state index is 6.20. The Morgan fingerprint density at radius 1 is 1.44 bits per heavy atom. The minimum absolute atomic E-state index is 0.0537. The van der Waals surface area contributed by atoms with Crippen LogP contribution >= 0.6 is 0 Å². The van der Waals surface area contributed by atoms with Crippen LogP contribution in [0, 0.1) is 5.92 Å². The predicted octanol–water partition coefficient (Wildman–Crippen LogP) is 2.27.